The van der Waals surface area contributed by atoms with Gasteiger partial charge in [-0.3, -0.25) is 4.57 Å². The van der Waals surface area contributed by atoms with Gasteiger partial charge in [0.05, 0.1) is 22.4 Å². The minimum Gasteiger partial charge on any atom is -0.457 e. The van der Waals surface area contributed by atoms with Gasteiger partial charge in [0.25, 0.3) is 0 Å². The van der Waals surface area contributed by atoms with E-state index in [1.165, 1.54) is 55.7 Å². The van der Waals surface area contributed by atoms with E-state index in [2.05, 4.69) is 247 Å². The van der Waals surface area contributed by atoms with E-state index in [1.807, 2.05) is 6.20 Å². The summed E-state index contributed by atoms with van der Waals surface area (Å²) in [5.41, 5.74) is 16.7. The van der Waals surface area contributed by atoms with Crippen molar-refractivity contribution >= 4 is 44.6 Å². The van der Waals surface area contributed by atoms with Gasteiger partial charge in [0.15, 0.2) is 0 Å². The maximum atomic E-state index is 6.84. The molecule has 0 atom stereocenters. The first-order chi connectivity index (χ1) is 31.5. The van der Waals surface area contributed by atoms with E-state index in [4.69, 9.17) is 9.72 Å². The van der Waals surface area contributed by atoms with E-state index in [1.54, 1.807) is 0 Å². The predicted octanol–water partition coefficient (Wildman–Crippen LogP) is 16.8. The second kappa shape index (κ2) is 16.1. The number of hydrogen-bond acceptors (Lipinski definition) is 4. The first-order valence-corrected chi connectivity index (χ1v) is 23.3. The third-order valence-corrected chi connectivity index (χ3v) is 13.3. The molecule has 5 heteroatoms. The molecular weight excluding hydrogens is 805 g/mol. The number of rotatable bonds is 7. The minimum atomic E-state index is -0.0144. The van der Waals surface area contributed by atoms with Gasteiger partial charge in [0.1, 0.15) is 24.0 Å². The van der Waals surface area contributed by atoms with E-state index in [0.29, 0.717) is 6.67 Å². The molecule has 0 bridgehead atoms. The Morgan fingerprint density at radius 1 is 0.470 bits per heavy atom. The van der Waals surface area contributed by atoms with Gasteiger partial charge < -0.3 is 14.5 Å². The Hall–Kier alpha value is -7.11. The Morgan fingerprint density at radius 3 is 1.85 bits per heavy atom. The van der Waals surface area contributed by atoms with Crippen LogP contribution >= 0.6 is 0 Å². The number of aromatic nitrogens is 2. The van der Waals surface area contributed by atoms with Crippen molar-refractivity contribution in [1.29, 1.82) is 0 Å². The normalized spacial score (nSPS) is 13.2. The third-order valence-electron chi connectivity index (χ3n) is 13.3. The highest BCUT2D eigenvalue weighted by Gasteiger charge is 2.33. The quantitative estimate of drug-likeness (QED) is 0.160. The summed E-state index contributed by atoms with van der Waals surface area (Å²) in [5.74, 6) is 2.41. The van der Waals surface area contributed by atoms with Crippen LogP contribution in [0.4, 0.5) is 22.7 Å². The van der Waals surface area contributed by atoms with Crippen molar-refractivity contribution in [3.63, 3.8) is 0 Å². The maximum Gasteiger partial charge on any atom is 0.137 e. The van der Waals surface area contributed by atoms with E-state index >= 15 is 0 Å². The highest BCUT2D eigenvalue weighted by Crippen LogP contribution is 2.51. The second-order valence-corrected chi connectivity index (χ2v) is 21.1. The van der Waals surface area contributed by atoms with Gasteiger partial charge in [-0.1, -0.05) is 159 Å². The van der Waals surface area contributed by atoms with Crippen molar-refractivity contribution in [3.8, 4) is 39.6 Å². The molecule has 66 heavy (non-hydrogen) atoms. The van der Waals surface area contributed by atoms with Crippen LogP contribution in [0.25, 0.3) is 49.9 Å². The largest absolute Gasteiger partial charge is 0.457 e. The van der Waals surface area contributed by atoms with Crippen LogP contribution in [0.15, 0.2) is 170 Å². The van der Waals surface area contributed by atoms with E-state index in [-0.39, 0.29) is 16.2 Å². The number of benzene rings is 7. The molecule has 9 aromatic rings. The van der Waals surface area contributed by atoms with E-state index in [0.717, 1.165) is 50.7 Å². The molecule has 1 aliphatic heterocycles. The number of pyridine rings is 1. The number of anilines is 4. The molecule has 0 amide bonds. The monoisotopic (exact) mass is 864 g/mol. The van der Waals surface area contributed by atoms with Crippen molar-refractivity contribution < 1.29 is 4.74 Å². The average molecular weight is 865 g/mol. The van der Waals surface area contributed by atoms with Crippen LogP contribution < -0.4 is 14.5 Å². The highest BCUT2D eigenvalue weighted by molar-refractivity contribution is 6.09. The molecule has 0 spiro atoms. The SMILES string of the molecule is Cc1cc(-n2c3ccccc3c3ccc(Oc4cccc(N5CN(c6cc(C(C)(C)C)cc(C(C)(C)C)c6)c6c(-c7ccccc7)cccc65)c4)cc32)ncc1-c1cccc(C(C)(C)C)c1. The van der Waals surface area contributed by atoms with Crippen LogP contribution in [0.3, 0.4) is 0 Å². The summed E-state index contributed by atoms with van der Waals surface area (Å²) in [4.78, 5) is 10.1. The number of nitrogens with zero attached hydrogens (tertiary/aromatic N) is 4. The zero-order valence-corrected chi connectivity index (χ0v) is 40.1. The van der Waals surface area contributed by atoms with E-state index in [9.17, 15) is 0 Å². The van der Waals surface area contributed by atoms with Crippen molar-refractivity contribution in [3.05, 3.63) is 192 Å². The standard InChI is InChI=1S/C61H60N4O/c1-40-31-57(62-38-53(40)42-21-16-22-43(32-42)59(2,3)4)65-54-27-15-14-25-51(54)52-30-29-49(37-56(52)65)66-48-24-17-23-46(36-48)63-39-64(47-34-44(60(5,6)7)33-45(35-47)61(8,9)10)58-50(26-18-28-55(58)63)41-19-12-11-13-20-41/h11-38H,39H2,1-10H3. The molecule has 10 rings (SSSR count). The first kappa shape index (κ1) is 42.8. The van der Waals surface area contributed by atoms with Crippen molar-refractivity contribution in [2.75, 3.05) is 16.5 Å². The van der Waals surface area contributed by atoms with Gasteiger partial charge in [-0.2, -0.15) is 0 Å². The lowest BCUT2D eigenvalue weighted by molar-refractivity contribution is 0.483. The number of fused-ring (bicyclic) bond motifs is 4. The molecule has 2 aromatic heterocycles. The van der Waals surface area contributed by atoms with Crippen molar-refractivity contribution in [1.82, 2.24) is 9.55 Å². The smallest absolute Gasteiger partial charge is 0.137 e. The summed E-state index contributed by atoms with van der Waals surface area (Å²) < 4.78 is 9.11. The number of para-hydroxylation sites is 2. The van der Waals surface area contributed by atoms with Gasteiger partial charge in [-0.15, -0.1) is 0 Å². The van der Waals surface area contributed by atoms with Crippen LogP contribution in [-0.4, -0.2) is 16.2 Å². The molecule has 0 saturated carbocycles. The van der Waals surface area contributed by atoms with Gasteiger partial charge >= 0.3 is 0 Å². The Morgan fingerprint density at radius 2 is 1.12 bits per heavy atom. The lowest BCUT2D eigenvalue weighted by Crippen LogP contribution is -2.25. The molecule has 5 nitrogen and oxygen atoms in total. The molecule has 7 aromatic carbocycles. The summed E-state index contributed by atoms with van der Waals surface area (Å²) in [6.45, 7) is 23.5. The summed E-state index contributed by atoms with van der Waals surface area (Å²) >= 11 is 0. The van der Waals surface area contributed by atoms with E-state index < -0.39 is 0 Å². The molecule has 3 heterocycles. The highest BCUT2D eigenvalue weighted by atomic mass is 16.5. The third kappa shape index (κ3) is 7.91. The topological polar surface area (TPSA) is 33.5 Å². The summed E-state index contributed by atoms with van der Waals surface area (Å²) in [6, 6.07) is 59.3. The minimum absolute atomic E-state index is 0.0144. The van der Waals surface area contributed by atoms with Crippen LogP contribution in [0.1, 0.15) is 84.6 Å². The van der Waals surface area contributed by atoms with Crippen LogP contribution in [0.2, 0.25) is 0 Å². The fourth-order valence-electron chi connectivity index (χ4n) is 9.47. The zero-order valence-electron chi connectivity index (χ0n) is 40.1. The lowest BCUT2D eigenvalue weighted by atomic mass is 9.80. The Bertz CT molecular complexity index is 3250. The molecule has 0 unspecified atom stereocenters. The molecule has 0 saturated heterocycles. The van der Waals surface area contributed by atoms with Crippen molar-refractivity contribution in [2.45, 2.75) is 85.5 Å². The zero-order chi connectivity index (χ0) is 46.1. The molecule has 330 valence electrons. The Labute approximate surface area is 391 Å². The molecular formula is C61H60N4O. The summed E-state index contributed by atoms with van der Waals surface area (Å²) in [5, 5.41) is 2.33. The molecule has 0 N–H and O–H groups in total. The molecule has 0 aliphatic carbocycles. The molecule has 0 fully saturated rings. The lowest BCUT2D eigenvalue weighted by Gasteiger charge is -2.30. The summed E-state index contributed by atoms with van der Waals surface area (Å²) in [6.07, 6.45) is 2.03. The Balaban J connectivity index is 1.03. The fraction of sp³-hybridized carbons (Fsp3) is 0.230. The number of aryl methyl sites for hydroxylation is 1. The van der Waals surface area contributed by atoms with Crippen LogP contribution in [0.5, 0.6) is 11.5 Å². The van der Waals surface area contributed by atoms with Gasteiger partial charge in [-0.05, 0) is 111 Å². The first-order valence-electron chi connectivity index (χ1n) is 23.3. The van der Waals surface area contributed by atoms with Gasteiger partial charge in [-0.25, -0.2) is 4.98 Å². The molecule has 0 radical (unpaired) electrons. The number of hydrogen-bond donors (Lipinski definition) is 0. The number of ether oxygens (including phenoxy) is 1. The fourth-order valence-corrected chi connectivity index (χ4v) is 9.47. The second-order valence-electron chi connectivity index (χ2n) is 21.1. The Kier molecular flexibility index (Phi) is 10.4. The van der Waals surface area contributed by atoms with Gasteiger partial charge in [0, 0.05) is 51.6 Å². The van der Waals surface area contributed by atoms with Crippen LogP contribution in [-0.2, 0) is 16.2 Å². The maximum absolute atomic E-state index is 6.84. The van der Waals surface area contributed by atoms with Crippen LogP contribution in [0, 0.1) is 6.92 Å². The molecule has 1 aliphatic rings. The van der Waals surface area contributed by atoms with Gasteiger partial charge in [0.2, 0.25) is 0 Å². The summed E-state index contributed by atoms with van der Waals surface area (Å²) in [7, 11) is 0. The average Bonchev–Trinajstić information content (AvgIpc) is 3.85. The van der Waals surface area contributed by atoms with Crippen molar-refractivity contribution in [2.24, 2.45) is 0 Å². The predicted molar refractivity (Wildman–Crippen MR) is 279 cm³/mol.